The molecule has 0 aliphatic rings. The van der Waals surface area contributed by atoms with Gasteiger partial charge in [-0.05, 0) is 37.1 Å². The maximum absolute atomic E-state index is 11.8. The van der Waals surface area contributed by atoms with Crippen molar-refractivity contribution < 1.29 is 0 Å². The predicted octanol–water partition coefficient (Wildman–Crippen LogP) is 2.40. The Labute approximate surface area is 110 Å². The lowest BCUT2D eigenvalue weighted by molar-refractivity contribution is 1.13. The van der Waals surface area contributed by atoms with Crippen molar-refractivity contribution in [3.05, 3.63) is 57.0 Å². The average Bonchev–Trinajstić information content (AvgIpc) is 2.38. The molecule has 0 amide bonds. The van der Waals surface area contributed by atoms with Crippen molar-refractivity contribution in [1.29, 1.82) is 10.5 Å². The predicted molar refractivity (Wildman–Crippen MR) is 71.4 cm³/mol. The fourth-order valence-electron chi connectivity index (χ4n) is 2.06. The normalized spacial score (nSPS) is 9.68. The molecule has 0 saturated heterocycles. The van der Waals surface area contributed by atoms with E-state index in [1.54, 1.807) is 25.1 Å². The number of hydrogen-bond acceptors (Lipinski definition) is 3. The molecule has 0 unspecified atom stereocenters. The van der Waals surface area contributed by atoms with Crippen LogP contribution >= 0.6 is 0 Å². The van der Waals surface area contributed by atoms with Crippen LogP contribution in [0.15, 0.2) is 29.1 Å². The summed E-state index contributed by atoms with van der Waals surface area (Å²) in [5.74, 6) is 0. The number of aromatic amines is 1. The topological polar surface area (TPSA) is 80.4 Å². The summed E-state index contributed by atoms with van der Waals surface area (Å²) in [6, 6.07) is 11.1. The Bertz CT molecular complexity index is 789. The zero-order valence-corrected chi connectivity index (χ0v) is 10.6. The molecule has 0 bridgehead atoms. The van der Waals surface area contributed by atoms with E-state index in [4.69, 9.17) is 10.5 Å². The van der Waals surface area contributed by atoms with E-state index in [1.807, 2.05) is 19.1 Å². The summed E-state index contributed by atoms with van der Waals surface area (Å²) in [4.78, 5) is 14.4. The Balaban J connectivity index is 2.85. The quantitative estimate of drug-likeness (QED) is 0.842. The van der Waals surface area contributed by atoms with Crippen LogP contribution in [0.2, 0.25) is 0 Å². The van der Waals surface area contributed by atoms with Crippen LogP contribution < -0.4 is 5.56 Å². The second kappa shape index (κ2) is 4.80. The molecule has 0 aliphatic heterocycles. The molecule has 0 aliphatic carbocycles. The molecule has 0 atom stereocenters. The third-order valence-corrected chi connectivity index (χ3v) is 3.02. The molecule has 0 fully saturated rings. The van der Waals surface area contributed by atoms with E-state index in [-0.39, 0.29) is 5.56 Å². The van der Waals surface area contributed by atoms with Gasteiger partial charge in [-0.3, -0.25) is 4.79 Å². The van der Waals surface area contributed by atoms with Gasteiger partial charge in [-0.25, -0.2) is 0 Å². The van der Waals surface area contributed by atoms with Gasteiger partial charge in [-0.1, -0.05) is 12.1 Å². The number of benzene rings is 1. The molecule has 0 radical (unpaired) electrons. The first-order valence-electron chi connectivity index (χ1n) is 5.72. The number of aryl methyl sites for hydroxylation is 1. The largest absolute Gasteiger partial charge is 0.325 e. The van der Waals surface area contributed by atoms with Crippen LogP contribution in [0.25, 0.3) is 11.1 Å². The van der Waals surface area contributed by atoms with Gasteiger partial charge in [0, 0.05) is 11.3 Å². The van der Waals surface area contributed by atoms with Gasteiger partial charge < -0.3 is 4.98 Å². The SMILES string of the molecule is Cc1cc(-c2cccc(C#N)c2C)c(C#N)c(=O)[nH]1. The van der Waals surface area contributed by atoms with Crippen molar-refractivity contribution in [2.75, 3.05) is 0 Å². The number of nitriles is 2. The number of nitrogens with zero attached hydrogens (tertiary/aromatic N) is 2. The fourth-order valence-corrected chi connectivity index (χ4v) is 2.06. The summed E-state index contributed by atoms with van der Waals surface area (Å²) in [5.41, 5.74) is 2.97. The van der Waals surface area contributed by atoms with Crippen LogP contribution in [0.5, 0.6) is 0 Å². The molecule has 2 aromatic rings. The summed E-state index contributed by atoms with van der Waals surface area (Å²) < 4.78 is 0. The minimum Gasteiger partial charge on any atom is -0.325 e. The van der Waals surface area contributed by atoms with Gasteiger partial charge in [0.05, 0.1) is 11.6 Å². The lowest BCUT2D eigenvalue weighted by Crippen LogP contribution is -2.13. The number of hydrogen-bond donors (Lipinski definition) is 1. The van der Waals surface area contributed by atoms with Crippen molar-refractivity contribution in [3.63, 3.8) is 0 Å². The highest BCUT2D eigenvalue weighted by molar-refractivity contribution is 5.74. The lowest BCUT2D eigenvalue weighted by Gasteiger charge is -2.09. The van der Waals surface area contributed by atoms with E-state index < -0.39 is 5.56 Å². The van der Waals surface area contributed by atoms with Crippen molar-refractivity contribution >= 4 is 0 Å². The summed E-state index contributed by atoms with van der Waals surface area (Å²) in [6.45, 7) is 3.57. The maximum atomic E-state index is 11.8. The van der Waals surface area contributed by atoms with Crippen molar-refractivity contribution in [1.82, 2.24) is 4.98 Å². The van der Waals surface area contributed by atoms with Crippen LogP contribution in [0.4, 0.5) is 0 Å². The fraction of sp³-hybridized carbons (Fsp3) is 0.133. The van der Waals surface area contributed by atoms with E-state index in [9.17, 15) is 4.79 Å². The van der Waals surface area contributed by atoms with E-state index in [1.165, 1.54) is 0 Å². The number of pyridine rings is 1. The first-order chi connectivity index (χ1) is 9.08. The first-order valence-corrected chi connectivity index (χ1v) is 5.72. The minimum absolute atomic E-state index is 0.0730. The standard InChI is InChI=1S/C15H11N3O/c1-9-6-13(14(8-17)15(19)18-9)12-5-3-4-11(7-16)10(12)2/h3-6H,1-2H3,(H,18,19). The molecule has 4 nitrogen and oxygen atoms in total. The van der Waals surface area contributed by atoms with Crippen LogP contribution in [-0.4, -0.2) is 4.98 Å². The van der Waals surface area contributed by atoms with Crippen LogP contribution in [0, 0.1) is 36.5 Å². The third-order valence-electron chi connectivity index (χ3n) is 3.02. The van der Waals surface area contributed by atoms with Crippen LogP contribution in [-0.2, 0) is 0 Å². The van der Waals surface area contributed by atoms with Gasteiger partial charge in [0.15, 0.2) is 0 Å². The second-order valence-electron chi connectivity index (χ2n) is 4.27. The Kier molecular flexibility index (Phi) is 3.18. The zero-order chi connectivity index (χ0) is 14.0. The van der Waals surface area contributed by atoms with E-state index in [0.717, 1.165) is 11.1 Å². The van der Waals surface area contributed by atoms with Crippen molar-refractivity contribution in [3.8, 4) is 23.3 Å². The summed E-state index contributed by atoms with van der Waals surface area (Å²) >= 11 is 0. The molecule has 92 valence electrons. The molecule has 1 aromatic heterocycles. The average molecular weight is 249 g/mol. The molecule has 2 rings (SSSR count). The van der Waals surface area contributed by atoms with Crippen molar-refractivity contribution in [2.45, 2.75) is 13.8 Å². The Morgan fingerprint density at radius 2 is 1.84 bits per heavy atom. The smallest absolute Gasteiger partial charge is 0.266 e. The first kappa shape index (κ1) is 12.6. The Morgan fingerprint density at radius 3 is 2.47 bits per heavy atom. The number of aromatic nitrogens is 1. The highest BCUT2D eigenvalue weighted by atomic mass is 16.1. The summed E-state index contributed by atoms with van der Waals surface area (Å²) in [6.07, 6.45) is 0. The highest BCUT2D eigenvalue weighted by Crippen LogP contribution is 2.27. The molecule has 4 heteroatoms. The molecular formula is C15H11N3O. The lowest BCUT2D eigenvalue weighted by atomic mass is 9.94. The molecule has 19 heavy (non-hydrogen) atoms. The minimum atomic E-state index is -0.403. The molecule has 0 saturated carbocycles. The second-order valence-corrected chi connectivity index (χ2v) is 4.27. The summed E-state index contributed by atoms with van der Waals surface area (Å²) in [7, 11) is 0. The highest BCUT2D eigenvalue weighted by Gasteiger charge is 2.13. The molecule has 1 heterocycles. The number of H-pyrrole nitrogens is 1. The molecule has 0 spiro atoms. The van der Waals surface area contributed by atoms with Crippen LogP contribution in [0.1, 0.15) is 22.4 Å². The Morgan fingerprint density at radius 1 is 1.11 bits per heavy atom. The van der Waals surface area contributed by atoms with Crippen molar-refractivity contribution in [2.24, 2.45) is 0 Å². The van der Waals surface area contributed by atoms with E-state index in [2.05, 4.69) is 11.1 Å². The van der Waals surface area contributed by atoms with Gasteiger partial charge in [-0.2, -0.15) is 10.5 Å². The van der Waals surface area contributed by atoms with Gasteiger partial charge in [0.2, 0.25) is 0 Å². The van der Waals surface area contributed by atoms with Gasteiger partial charge in [0.1, 0.15) is 11.6 Å². The molecule has 1 N–H and O–H groups in total. The van der Waals surface area contributed by atoms with Gasteiger partial charge in [0.25, 0.3) is 5.56 Å². The van der Waals surface area contributed by atoms with Gasteiger partial charge >= 0.3 is 0 Å². The van der Waals surface area contributed by atoms with E-state index in [0.29, 0.717) is 16.8 Å². The monoisotopic (exact) mass is 249 g/mol. The Hall–Kier alpha value is -2.85. The maximum Gasteiger partial charge on any atom is 0.266 e. The number of nitrogens with one attached hydrogen (secondary N) is 1. The molecule has 1 aromatic carbocycles. The van der Waals surface area contributed by atoms with Gasteiger partial charge in [-0.15, -0.1) is 0 Å². The van der Waals surface area contributed by atoms with E-state index >= 15 is 0 Å². The third kappa shape index (κ3) is 2.12. The summed E-state index contributed by atoms with van der Waals surface area (Å²) in [5, 5.41) is 18.2. The molecular weight excluding hydrogens is 238 g/mol. The van der Waals surface area contributed by atoms with Crippen LogP contribution in [0.3, 0.4) is 0 Å². The zero-order valence-electron chi connectivity index (χ0n) is 10.6. The number of rotatable bonds is 1.